The maximum Gasteiger partial charge on any atom is 0.410 e. The van der Waals surface area contributed by atoms with Crippen LogP contribution in [-0.4, -0.2) is 49.2 Å². The van der Waals surface area contributed by atoms with Crippen LogP contribution < -0.4 is 0 Å². The Bertz CT molecular complexity index is 446. The highest BCUT2D eigenvalue weighted by Gasteiger charge is 2.26. The average Bonchev–Trinajstić information content (AvgIpc) is 2.93. The quantitative estimate of drug-likeness (QED) is 0.833. The fourth-order valence-corrected chi connectivity index (χ4v) is 4.90. The van der Waals surface area contributed by atoms with E-state index in [1.54, 1.807) is 0 Å². The Balaban J connectivity index is 1.51. The number of thioether (sulfide) groups is 1. The average molecular weight is 327 g/mol. The van der Waals surface area contributed by atoms with Crippen LogP contribution in [-0.2, 0) is 9.47 Å². The van der Waals surface area contributed by atoms with Gasteiger partial charge in [-0.3, -0.25) is 0 Å². The van der Waals surface area contributed by atoms with Crippen molar-refractivity contribution in [2.75, 3.05) is 32.1 Å². The Morgan fingerprint density at radius 3 is 2.90 bits per heavy atom. The summed E-state index contributed by atoms with van der Waals surface area (Å²) in [6.07, 6.45) is 2.55. The third kappa shape index (κ3) is 4.14. The molecule has 2 aliphatic heterocycles. The van der Waals surface area contributed by atoms with Crippen molar-refractivity contribution in [3.63, 3.8) is 0 Å². The first kappa shape index (κ1) is 15.2. The molecule has 6 heteroatoms. The number of rotatable bonds is 2. The number of ether oxygens (including phenoxy) is 2. The zero-order chi connectivity index (χ0) is 14.5. The number of thiophene rings is 1. The summed E-state index contributed by atoms with van der Waals surface area (Å²) >= 11 is 3.76. The van der Waals surface area contributed by atoms with Crippen molar-refractivity contribution in [3.8, 4) is 0 Å². The zero-order valence-electron chi connectivity index (χ0n) is 12.0. The number of hydrogen-bond acceptors (Lipinski definition) is 5. The number of nitrogens with zero attached hydrogens (tertiary/aromatic N) is 1. The van der Waals surface area contributed by atoms with Gasteiger partial charge in [0.05, 0.1) is 13.2 Å². The normalized spacial score (nSPS) is 24.6. The molecule has 4 nitrogen and oxygen atoms in total. The molecule has 1 aromatic heterocycles. The molecule has 1 aromatic rings. The first-order chi connectivity index (χ1) is 10.3. The lowest BCUT2D eigenvalue weighted by Crippen LogP contribution is -2.37. The molecule has 2 saturated heterocycles. The third-order valence-corrected chi connectivity index (χ3v) is 6.34. The predicted molar refractivity (Wildman–Crippen MR) is 86.0 cm³/mol. The molecular weight excluding hydrogens is 306 g/mol. The Labute approximate surface area is 133 Å². The Morgan fingerprint density at radius 1 is 1.29 bits per heavy atom. The van der Waals surface area contributed by atoms with Crippen molar-refractivity contribution >= 4 is 29.2 Å². The van der Waals surface area contributed by atoms with Crippen molar-refractivity contribution in [3.05, 3.63) is 22.4 Å². The van der Waals surface area contributed by atoms with E-state index in [4.69, 9.17) is 9.47 Å². The van der Waals surface area contributed by atoms with Crippen molar-refractivity contribution in [1.82, 2.24) is 4.90 Å². The molecule has 0 unspecified atom stereocenters. The van der Waals surface area contributed by atoms with Gasteiger partial charge in [0.2, 0.25) is 0 Å². The van der Waals surface area contributed by atoms with Crippen LogP contribution in [0.15, 0.2) is 17.5 Å². The molecule has 2 fully saturated rings. The SMILES string of the molecule is O=C(OC1CCOCC1)N1CCS[C@H](c2cccs2)CC1. The third-order valence-electron chi connectivity index (χ3n) is 3.90. The summed E-state index contributed by atoms with van der Waals surface area (Å²) in [6.45, 7) is 2.98. The van der Waals surface area contributed by atoms with Gasteiger partial charge in [0, 0.05) is 41.8 Å². The van der Waals surface area contributed by atoms with Crippen LogP contribution in [0.25, 0.3) is 0 Å². The van der Waals surface area contributed by atoms with Gasteiger partial charge < -0.3 is 14.4 Å². The molecule has 0 spiro atoms. The minimum absolute atomic E-state index is 0.0373. The molecule has 0 bridgehead atoms. The lowest BCUT2D eigenvalue weighted by Gasteiger charge is -2.26. The summed E-state index contributed by atoms with van der Waals surface area (Å²) in [5.74, 6) is 0.978. The molecule has 1 amide bonds. The van der Waals surface area contributed by atoms with E-state index in [0.29, 0.717) is 18.5 Å². The van der Waals surface area contributed by atoms with Gasteiger partial charge in [0.1, 0.15) is 6.10 Å². The Hall–Kier alpha value is -0.720. The van der Waals surface area contributed by atoms with Crippen LogP contribution >= 0.6 is 23.1 Å². The molecule has 0 aliphatic carbocycles. The topological polar surface area (TPSA) is 38.8 Å². The molecule has 21 heavy (non-hydrogen) atoms. The van der Waals surface area contributed by atoms with E-state index < -0.39 is 0 Å². The van der Waals surface area contributed by atoms with E-state index in [0.717, 1.165) is 38.1 Å². The van der Waals surface area contributed by atoms with Crippen LogP contribution in [0, 0.1) is 0 Å². The van der Waals surface area contributed by atoms with Gasteiger partial charge in [-0.2, -0.15) is 11.8 Å². The van der Waals surface area contributed by atoms with Crippen LogP contribution in [0.2, 0.25) is 0 Å². The number of carbonyl (C=O) groups is 1. The second-order valence-electron chi connectivity index (χ2n) is 5.35. The van der Waals surface area contributed by atoms with E-state index in [1.165, 1.54) is 4.88 Å². The van der Waals surface area contributed by atoms with Gasteiger partial charge in [-0.05, 0) is 17.9 Å². The standard InChI is InChI=1S/C15H21NO3S2/c17-15(19-12-4-8-18-9-5-12)16-6-3-14(21-11-7-16)13-2-1-10-20-13/h1-2,10,12,14H,3-9,11H2/t14-/m0/s1. The first-order valence-electron chi connectivity index (χ1n) is 7.51. The fraction of sp³-hybridized carbons (Fsp3) is 0.667. The second kappa shape index (κ2) is 7.51. The number of amides is 1. The fourth-order valence-electron chi connectivity index (χ4n) is 2.67. The predicted octanol–water partition coefficient (Wildman–Crippen LogP) is 3.54. The van der Waals surface area contributed by atoms with Crippen molar-refractivity contribution in [1.29, 1.82) is 0 Å². The van der Waals surface area contributed by atoms with Crippen molar-refractivity contribution in [2.45, 2.75) is 30.6 Å². The maximum atomic E-state index is 12.3. The molecule has 0 saturated carbocycles. The lowest BCUT2D eigenvalue weighted by atomic mass is 10.2. The van der Waals surface area contributed by atoms with Crippen molar-refractivity contribution < 1.29 is 14.3 Å². The monoisotopic (exact) mass is 327 g/mol. The molecule has 1 atom stereocenters. The molecule has 2 aliphatic rings. The minimum Gasteiger partial charge on any atom is -0.446 e. The van der Waals surface area contributed by atoms with E-state index in [1.807, 2.05) is 28.0 Å². The second-order valence-corrected chi connectivity index (χ2v) is 7.64. The summed E-state index contributed by atoms with van der Waals surface area (Å²) in [5, 5.41) is 2.64. The smallest absolute Gasteiger partial charge is 0.410 e. The number of hydrogen-bond donors (Lipinski definition) is 0. The summed E-state index contributed by atoms with van der Waals surface area (Å²) in [5.41, 5.74) is 0. The minimum atomic E-state index is -0.144. The van der Waals surface area contributed by atoms with Crippen LogP contribution in [0.5, 0.6) is 0 Å². The molecule has 0 aromatic carbocycles. The van der Waals surface area contributed by atoms with Crippen LogP contribution in [0.1, 0.15) is 29.4 Å². The van der Waals surface area contributed by atoms with Crippen molar-refractivity contribution in [2.24, 2.45) is 0 Å². The van der Waals surface area contributed by atoms with Gasteiger partial charge in [-0.15, -0.1) is 11.3 Å². The van der Waals surface area contributed by atoms with E-state index in [2.05, 4.69) is 17.5 Å². The van der Waals surface area contributed by atoms with Gasteiger partial charge >= 0.3 is 6.09 Å². The Morgan fingerprint density at radius 2 is 2.14 bits per heavy atom. The van der Waals surface area contributed by atoms with Crippen LogP contribution in [0.4, 0.5) is 4.79 Å². The molecule has 3 rings (SSSR count). The first-order valence-corrected chi connectivity index (χ1v) is 9.44. The maximum absolute atomic E-state index is 12.3. The summed E-state index contributed by atoms with van der Waals surface area (Å²) < 4.78 is 10.9. The highest BCUT2D eigenvalue weighted by atomic mass is 32.2. The van der Waals surface area contributed by atoms with E-state index in [9.17, 15) is 4.79 Å². The zero-order valence-corrected chi connectivity index (χ0v) is 13.7. The summed E-state index contributed by atoms with van der Waals surface area (Å²) in [4.78, 5) is 15.6. The highest BCUT2D eigenvalue weighted by Crippen LogP contribution is 2.36. The highest BCUT2D eigenvalue weighted by molar-refractivity contribution is 7.99. The lowest BCUT2D eigenvalue weighted by molar-refractivity contribution is -0.00961. The van der Waals surface area contributed by atoms with E-state index >= 15 is 0 Å². The molecule has 3 heterocycles. The molecule has 0 radical (unpaired) electrons. The molecule has 116 valence electrons. The molecular formula is C15H21NO3S2. The van der Waals surface area contributed by atoms with Gasteiger partial charge in [-0.1, -0.05) is 6.07 Å². The van der Waals surface area contributed by atoms with Gasteiger partial charge in [0.15, 0.2) is 0 Å². The summed E-state index contributed by atoms with van der Waals surface area (Å²) in [6, 6.07) is 4.29. The Kier molecular flexibility index (Phi) is 5.43. The van der Waals surface area contributed by atoms with Gasteiger partial charge in [0.25, 0.3) is 0 Å². The van der Waals surface area contributed by atoms with Gasteiger partial charge in [-0.25, -0.2) is 4.79 Å². The summed E-state index contributed by atoms with van der Waals surface area (Å²) in [7, 11) is 0. The number of carbonyl (C=O) groups excluding carboxylic acids is 1. The largest absolute Gasteiger partial charge is 0.446 e. The molecule has 0 N–H and O–H groups in total. The van der Waals surface area contributed by atoms with E-state index in [-0.39, 0.29) is 12.2 Å². The van der Waals surface area contributed by atoms with Crippen LogP contribution in [0.3, 0.4) is 0 Å².